The first kappa shape index (κ1) is 64.2. The van der Waals surface area contributed by atoms with Crippen LogP contribution < -0.4 is 0 Å². The van der Waals surface area contributed by atoms with Crippen molar-refractivity contribution >= 4 is 67.1 Å². The molecule has 0 atom stereocenters. The van der Waals surface area contributed by atoms with Crippen molar-refractivity contribution in [2.24, 2.45) is 9.98 Å². The van der Waals surface area contributed by atoms with Gasteiger partial charge in [-0.05, 0) is 54.7 Å². The van der Waals surface area contributed by atoms with Gasteiger partial charge in [-0.25, -0.2) is 0 Å². The number of aliphatic imine (C=N–C) groups is 2. The van der Waals surface area contributed by atoms with Gasteiger partial charge in [-0.2, -0.15) is 11.4 Å². The van der Waals surface area contributed by atoms with Crippen molar-refractivity contribution in [1.29, 1.82) is 0 Å². The fourth-order valence-corrected chi connectivity index (χ4v) is 23.5. The van der Waals surface area contributed by atoms with E-state index in [9.17, 15) is 0 Å². The quantitative estimate of drug-likeness (QED) is 0.101. The minimum atomic E-state index is -1.11. The summed E-state index contributed by atoms with van der Waals surface area (Å²) in [6, 6.07) is 21.1. The first-order chi connectivity index (χ1) is 28.2. The van der Waals surface area contributed by atoms with Crippen molar-refractivity contribution in [2.75, 3.05) is 0 Å². The molecular formula is C52H88N6Si4Zn2. The molecule has 0 unspecified atom stereocenters. The van der Waals surface area contributed by atoms with Gasteiger partial charge in [0, 0.05) is 11.4 Å². The van der Waals surface area contributed by atoms with Crippen LogP contribution in [0.5, 0.6) is 0 Å². The van der Waals surface area contributed by atoms with Gasteiger partial charge in [-0.15, -0.1) is 11.4 Å². The zero-order valence-corrected chi connectivity index (χ0v) is 55.3. The Kier molecular flexibility index (Phi) is 28.5. The van der Waals surface area contributed by atoms with Crippen LogP contribution in [0.2, 0.25) is 78.6 Å². The van der Waals surface area contributed by atoms with Crippen molar-refractivity contribution in [3.05, 3.63) is 126 Å². The van der Waals surface area contributed by atoms with E-state index in [0.717, 1.165) is 45.6 Å². The zero-order chi connectivity index (χ0) is 48.0. The van der Waals surface area contributed by atoms with Gasteiger partial charge in [0.15, 0.2) is 0 Å². The van der Waals surface area contributed by atoms with Crippen molar-refractivity contribution in [3.8, 4) is 0 Å². The molecule has 0 amide bonds. The molecule has 0 aliphatic rings. The largest absolute Gasteiger partial charge is 2.00 e. The third-order valence-electron chi connectivity index (χ3n) is 8.88. The first-order valence-electron chi connectivity index (χ1n) is 22.9. The van der Waals surface area contributed by atoms with E-state index in [1.165, 1.54) is 22.3 Å². The predicted molar refractivity (Wildman–Crippen MR) is 295 cm³/mol. The number of para-hydroxylation sites is 2. The van der Waals surface area contributed by atoms with Crippen molar-refractivity contribution in [2.45, 2.75) is 185 Å². The topological polar surface area (TPSA) is 81.1 Å². The van der Waals surface area contributed by atoms with Crippen LogP contribution in [0.15, 0.2) is 94.2 Å². The summed E-state index contributed by atoms with van der Waals surface area (Å²) in [5.41, 5.74) is 12.7. The number of nitrogens with zero attached hydrogens (tertiary/aromatic N) is 6. The Labute approximate surface area is 424 Å². The molecule has 0 heterocycles. The second-order valence-corrected chi connectivity index (χ2v) is 41.1. The van der Waals surface area contributed by atoms with Crippen LogP contribution in [0.25, 0.3) is 19.9 Å². The molecule has 0 aromatic heterocycles. The van der Waals surface area contributed by atoms with Crippen molar-refractivity contribution in [1.82, 2.24) is 0 Å². The van der Waals surface area contributed by atoms with E-state index in [1.54, 1.807) is 0 Å². The third kappa shape index (κ3) is 27.1. The number of rotatable bonds is 16. The molecule has 346 valence electrons. The zero-order valence-electron chi connectivity index (χ0n) is 45.3. The normalized spacial score (nSPS) is 13.2. The Bertz CT molecular complexity index is 1890. The number of hydrogen-bond donors (Lipinski definition) is 0. The monoisotopic (exact) mass is 1040 g/mol. The maximum absolute atomic E-state index is 5.07. The van der Waals surface area contributed by atoms with Gasteiger partial charge in [0.05, 0.1) is 11.4 Å². The summed E-state index contributed by atoms with van der Waals surface area (Å²) in [4.78, 5) is 9.94. The summed E-state index contributed by atoms with van der Waals surface area (Å²) in [5.74, 6) is 1.62. The molecule has 0 radical (unpaired) electrons. The molecule has 12 heteroatoms. The molecule has 0 fully saturated rings. The summed E-state index contributed by atoms with van der Waals surface area (Å²) in [7, 11) is -4.42. The molecular weight excluding hydrogens is 952 g/mol. The summed E-state index contributed by atoms with van der Waals surface area (Å²) in [6.07, 6.45) is 4.10. The Hall–Kier alpha value is -1.89. The van der Waals surface area contributed by atoms with E-state index < -0.39 is 32.9 Å². The minimum absolute atomic E-state index is 0. The maximum atomic E-state index is 5.07. The molecule has 6 nitrogen and oxygen atoms in total. The second kappa shape index (κ2) is 28.4. The van der Waals surface area contributed by atoms with E-state index in [1.807, 2.05) is 52.0 Å². The summed E-state index contributed by atoms with van der Waals surface area (Å²) in [6.45, 7) is 53.5. The first-order valence-corrected chi connectivity index (χ1v) is 36.7. The van der Waals surface area contributed by atoms with Crippen LogP contribution in [-0.4, -0.2) is 44.4 Å². The fraction of sp³-hybridized carbons (Fsp3) is 0.538. The van der Waals surface area contributed by atoms with Crippen LogP contribution in [0, 0.1) is 0 Å². The van der Waals surface area contributed by atoms with Gasteiger partial charge in [0.2, 0.25) is 0 Å². The van der Waals surface area contributed by atoms with Gasteiger partial charge in [-0.3, -0.25) is 9.98 Å². The fourth-order valence-electron chi connectivity index (χ4n) is 7.42. The number of allylic oxidation sites excluding steroid dienone is 4. The standard InChI is InChI=1S/C40H52N4.2C6H18NSi2.2Zn/c1-25(2)35-18-14-19-36(26(3)4)39(35)43-31(11)22-29(9)41-33-16-13-17-34(24-33)42-30(10)23-32(12)44-40-37(27(5)6)20-15-21-38(40)28(7)8;2*1-8(2,3)7-9(4,5)6;;/h13-28H,1-12H3;2*1-6H3;;/q-2;2*-1;2*+2/b29-22-,32-23-,42-30?,43-31?;;;;. The van der Waals surface area contributed by atoms with E-state index in [-0.39, 0.29) is 39.0 Å². The molecule has 0 spiro atoms. The Morgan fingerprint density at radius 2 is 0.781 bits per heavy atom. The van der Waals surface area contributed by atoms with Crippen LogP contribution in [0.1, 0.15) is 129 Å². The molecule has 3 aromatic carbocycles. The Morgan fingerprint density at radius 3 is 1.12 bits per heavy atom. The molecule has 0 N–H and O–H groups in total. The second-order valence-electron chi connectivity index (χ2n) is 21.9. The number of benzene rings is 3. The molecule has 0 saturated carbocycles. The summed E-state index contributed by atoms with van der Waals surface area (Å²) >= 11 is 0. The average Bonchev–Trinajstić information content (AvgIpc) is 3.05. The smallest absolute Gasteiger partial charge is 0.668 e. The van der Waals surface area contributed by atoms with E-state index >= 15 is 0 Å². The third-order valence-corrected chi connectivity index (χ3v) is 19.6. The van der Waals surface area contributed by atoms with Crippen LogP contribution in [0.4, 0.5) is 22.7 Å². The predicted octanol–water partition coefficient (Wildman–Crippen LogP) is 19.6. The van der Waals surface area contributed by atoms with Crippen molar-refractivity contribution < 1.29 is 39.0 Å². The minimum Gasteiger partial charge on any atom is -0.668 e. The summed E-state index contributed by atoms with van der Waals surface area (Å²) < 4.78 is 9.64. The van der Waals surface area contributed by atoms with E-state index in [4.69, 9.17) is 29.9 Å². The average molecular weight is 1040 g/mol. The molecule has 0 saturated heterocycles. The molecule has 3 aromatic rings. The maximum Gasteiger partial charge on any atom is 2.00 e. The molecule has 3 rings (SSSR count). The van der Waals surface area contributed by atoms with Crippen molar-refractivity contribution in [3.63, 3.8) is 0 Å². The van der Waals surface area contributed by atoms with Gasteiger partial charge in [0.25, 0.3) is 0 Å². The molecule has 0 bridgehead atoms. The number of hydrogen-bond acceptors (Lipinski definition) is 2. The van der Waals surface area contributed by atoms with E-state index in [2.05, 4.69) is 183 Å². The molecule has 0 aliphatic heterocycles. The van der Waals surface area contributed by atoms with Crippen LogP contribution >= 0.6 is 0 Å². The van der Waals surface area contributed by atoms with Crippen LogP contribution in [-0.2, 0) is 39.0 Å². The van der Waals surface area contributed by atoms with Crippen LogP contribution in [0.3, 0.4) is 0 Å². The SMILES string of the molecule is CC(/C=C(/C)[N-]c1c(C(C)C)cccc1C(C)C)=Nc1cccc([N-]/C(C)=C\C(C)=Nc2c(C(C)C)cccc2C(C)C)c1.C[Si](C)(C)[N-][Si](C)(C)C.C[Si](C)(C)[N-][Si](C)(C)C.[Zn+2].[Zn+2]. The van der Waals surface area contributed by atoms with Gasteiger partial charge >= 0.3 is 39.0 Å². The molecule has 0 aliphatic carbocycles. The van der Waals surface area contributed by atoms with Gasteiger partial charge in [0.1, 0.15) is 0 Å². The Balaban J connectivity index is 0. The van der Waals surface area contributed by atoms with Gasteiger partial charge in [-0.1, -0.05) is 259 Å². The Morgan fingerprint density at radius 1 is 0.453 bits per heavy atom. The van der Waals surface area contributed by atoms with Gasteiger partial charge < -0.3 is 19.9 Å². The summed E-state index contributed by atoms with van der Waals surface area (Å²) in [5, 5.41) is 9.94. The molecule has 64 heavy (non-hydrogen) atoms. The van der Waals surface area contributed by atoms with E-state index in [0.29, 0.717) is 23.7 Å².